The summed E-state index contributed by atoms with van der Waals surface area (Å²) < 4.78 is 14.6. The van der Waals surface area contributed by atoms with Crippen LogP contribution in [0.4, 0.5) is 0 Å². The highest BCUT2D eigenvalue weighted by molar-refractivity contribution is 7.99. The van der Waals surface area contributed by atoms with Crippen LogP contribution in [0.2, 0.25) is 0 Å². The Balaban J connectivity index is 1.16. The highest BCUT2D eigenvalue weighted by Gasteiger charge is 2.32. The summed E-state index contributed by atoms with van der Waals surface area (Å²) in [6, 6.07) is 33.5. The normalized spacial score (nSPS) is 18.2. The van der Waals surface area contributed by atoms with Crippen LogP contribution in [0.5, 0.6) is 0 Å². The second kappa shape index (κ2) is 14.0. The summed E-state index contributed by atoms with van der Waals surface area (Å²) in [5.41, 5.74) is 6.59. The third-order valence-electron chi connectivity index (χ3n) is 7.53. The molecule has 0 spiro atoms. The quantitative estimate of drug-likeness (QED) is 0.196. The fourth-order valence-corrected chi connectivity index (χ4v) is 5.97. The number of nitrogens with one attached hydrogen (secondary N) is 1. The number of carbonyl (C=O) groups is 1. The number of hydrogen-bond donors (Lipinski definition) is 2. The third-order valence-corrected chi connectivity index (χ3v) is 8.67. The van der Waals surface area contributed by atoms with E-state index < -0.39 is 6.29 Å². The second-order valence-electron chi connectivity index (χ2n) is 10.6. The zero-order valence-electron chi connectivity index (χ0n) is 24.2. The molecule has 1 saturated heterocycles. The third kappa shape index (κ3) is 7.23. The lowest BCUT2D eigenvalue weighted by molar-refractivity contribution is -0.245. The lowest BCUT2D eigenvalue weighted by Gasteiger charge is -2.36. The van der Waals surface area contributed by atoms with Crippen LogP contribution >= 0.6 is 11.8 Å². The van der Waals surface area contributed by atoms with Crippen LogP contribution < -0.4 is 5.32 Å². The Hall–Kier alpha value is -4.35. The molecule has 3 atom stereocenters. The molecule has 0 saturated carbocycles. The number of aromatic nitrogens is 4. The van der Waals surface area contributed by atoms with E-state index in [1.807, 2.05) is 73.8 Å². The molecular weight excluding hydrogens is 574 g/mol. The number of aliphatic hydroxyl groups is 1. The molecule has 0 radical (unpaired) electrons. The largest absolute Gasteiger partial charge is 0.392 e. The molecule has 0 aliphatic carbocycles. The van der Waals surface area contributed by atoms with Gasteiger partial charge in [0.2, 0.25) is 5.16 Å². The summed E-state index contributed by atoms with van der Waals surface area (Å²) in [7, 11) is 1.82. The summed E-state index contributed by atoms with van der Waals surface area (Å²) in [5, 5.41) is 24.9. The predicted molar refractivity (Wildman–Crippen MR) is 167 cm³/mol. The Morgan fingerprint density at radius 3 is 2.41 bits per heavy atom. The van der Waals surface area contributed by atoms with Crippen LogP contribution in [-0.2, 0) is 29.7 Å². The van der Waals surface area contributed by atoms with Gasteiger partial charge in [0.1, 0.15) is 0 Å². The molecule has 1 fully saturated rings. The van der Waals surface area contributed by atoms with E-state index in [9.17, 15) is 9.90 Å². The molecular formula is C34H33N5O4S. The van der Waals surface area contributed by atoms with Gasteiger partial charge in [0.15, 0.2) is 6.29 Å². The van der Waals surface area contributed by atoms with Gasteiger partial charge < -0.3 is 19.9 Å². The second-order valence-corrected chi connectivity index (χ2v) is 11.6. The van der Waals surface area contributed by atoms with Gasteiger partial charge in [-0.15, -0.1) is 5.10 Å². The SMILES string of the molecule is Cn1nnnc1SC[C@H]1C[C@@H](c2ccc(CO)cc2)O[C@@H](c2ccc(-c3cccc(CNC(=O)c4ccccc4)c3)cc2)O1. The van der Waals surface area contributed by atoms with Crippen LogP contribution in [-0.4, -0.2) is 43.1 Å². The monoisotopic (exact) mass is 607 g/mol. The molecule has 1 aromatic heterocycles. The van der Waals surface area contributed by atoms with Gasteiger partial charge in [-0.3, -0.25) is 4.79 Å². The van der Waals surface area contributed by atoms with Crippen molar-refractivity contribution in [2.45, 2.75) is 43.2 Å². The number of amides is 1. The molecule has 6 rings (SSSR count). The summed E-state index contributed by atoms with van der Waals surface area (Å²) in [6.45, 7) is 0.438. The first kappa shape index (κ1) is 29.7. The van der Waals surface area contributed by atoms with E-state index in [1.54, 1.807) is 28.6 Å². The molecule has 1 aliphatic heterocycles. The number of benzene rings is 4. The van der Waals surface area contributed by atoms with Crippen LogP contribution in [0.25, 0.3) is 11.1 Å². The zero-order chi connectivity index (χ0) is 30.3. The highest BCUT2D eigenvalue weighted by atomic mass is 32.2. The smallest absolute Gasteiger partial charge is 0.251 e. The van der Waals surface area contributed by atoms with Gasteiger partial charge in [-0.05, 0) is 56.4 Å². The van der Waals surface area contributed by atoms with Gasteiger partial charge >= 0.3 is 0 Å². The Labute approximate surface area is 260 Å². The zero-order valence-corrected chi connectivity index (χ0v) is 25.1. The Morgan fingerprint density at radius 1 is 0.909 bits per heavy atom. The Morgan fingerprint density at radius 2 is 1.68 bits per heavy atom. The molecule has 2 heterocycles. The van der Waals surface area contributed by atoms with Gasteiger partial charge in [0, 0.05) is 36.9 Å². The number of nitrogens with zero attached hydrogens (tertiary/aromatic N) is 4. The molecule has 5 aromatic rings. The minimum absolute atomic E-state index is 0.000120. The molecule has 224 valence electrons. The van der Waals surface area contributed by atoms with Crippen molar-refractivity contribution in [1.29, 1.82) is 0 Å². The topological polar surface area (TPSA) is 111 Å². The fraction of sp³-hybridized carbons (Fsp3) is 0.235. The standard InChI is InChI=1S/C34H33N5O4S/c1-39-34(36-37-38-39)44-22-30-19-31(26-12-10-23(21-40)11-13-26)43-33(42-30)28-16-14-25(15-17-28)29-9-5-6-24(18-29)20-35-32(41)27-7-3-2-4-8-27/h2-18,30-31,33,40H,19-22H2,1H3,(H,35,41)/t30-,31+,33+/m1/s1. The van der Waals surface area contributed by atoms with Crippen LogP contribution in [0.3, 0.4) is 0 Å². The van der Waals surface area contributed by atoms with Crippen LogP contribution in [0, 0.1) is 0 Å². The molecule has 10 heteroatoms. The average molecular weight is 608 g/mol. The first-order chi connectivity index (χ1) is 21.6. The van der Waals surface area contributed by atoms with E-state index in [0.717, 1.165) is 38.5 Å². The number of hydrogen-bond acceptors (Lipinski definition) is 8. The van der Waals surface area contributed by atoms with Crippen molar-refractivity contribution in [3.8, 4) is 11.1 Å². The number of thioether (sulfide) groups is 1. The lowest BCUT2D eigenvalue weighted by atomic mass is 9.99. The summed E-state index contributed by atoms with van der Waals surface area (Å²) in [5.74, 6) is 0.575. The first-order valence-corrected chi connectivity index (χ1v) is 15.4. The van der Waals surface area contributed by atoms with Gasteiger partial charge in [-0.1, -0.05) is 96.7 Å². The van der Waals surface area contributed by atoms with Crippen molar-refractivity contribution >= 4 is 17.7 Å². The van der Waals surface area contributed by atoms with E-state index in [1.165, 1.54) is 0 Å². The minimum atomic E-state index is -0.553. The number of aliphatic hydroxyl groups excluding tert-OH is 1. The van der Waals surface area contributed by atoms with Gasteiger partial charge in [0.05, 0.1) is 18.8 Å². The van der Waals surface area contributed by atoms with E-state index in [-0.39, 0.29) is 24.7 Å². The maximum absolute atomic E-state index is 12.5. The molecule has 44 heavy (non-hydrogen) atoms. The Bertz CT molecular complexity index is 1680. The van der Waals surface area contributed by atoms with E-state index >= 15 is 0 Å². The van der Waals surface area contributed by atoms with E-state index in [4.69, 9.17) is 9.47 Å². The highest BCUT2D eigenvalue weighted by Crippen LogP contribution is 2.39. The van der Waals surface area contributed by atoms with Crippen molar-refractivity contribution in [2.24, 2.45) is 7.05 Å². The van der Waals surface area contributed by atoms with Gasteiger partial charge in [0.25, 0.3) is 5.91 Å². The summed E-state index contributed by atoms with van der Waals surface area (Å²) in [4.78, 5) is 12.5. The molecule has 4 aromatic carbocycles. The molecule has 0 bridgehead atoms. The van der Waals surface area contributed by atoms with Gasteiger partial charge in [-0.25, -0.2) is 4.68 Å². The van der Waals surface area contributed by atoms with Crippen LogP contribution in [0.1, 0.15) is 51.4 Å². The first-order valence-electron chi connectivity index (χ1n) is 14.4. The maximum Gasteiger partial charge on any atom is 0.251 e. The van der Waals surface area contributed by atoms with Crippen molar-refractivity contribution < 1.29 is 19.4 Å². The lowest BCUT2D eigenvalue weighted by Crippen LogP contribution is -2.31. The molecule has 1 amide bonds. The van der Waals surface area contributed by atoms with Crippen molar-refractivity contribution in [3.63, 3.8) is 0 Å². The predicted octanol–water partition coefficient (Wildman–Crippen LogP) is 5.64. The summed E-state index contributed by atoms with van der Waals surface area (Å²) >= 11 is 1.55. The molecule has 0 unspecified atom stereocenters. The molecule has 9 nitrogen and oxygen atoms in total. The molecule has 2 N–H and O–H groups in total. The van der Waals surface area contributed by atoms with Crippen molar-refractivity contribution in [3.05, 3.63) is 131 Å². The fourth-order valence-electron chi connectivity index (χ4n) is 5.10. The van der Waals surface area contributed by atoms with E-state index in [0.29, 0.717) is 24.3 Å². The Kier molecular flexibility index (Phi) is 9.43. The van der Waals surface area contributed by atoms with Crippen LogP contribution in [0.15, 0.2) is 108 Å². The number of rotatable bonds is 10. The number of aryl methyl sites for hydroxylation is 1. The number of tetrazole rings is 1. The van der Waals surface area contributed by atoms with E-state index in [2.05, 4.69) is 45.1 Å². The number of carbonyl (C=O) groups excluding carboxylic acids is 1. The minimum Gasteiger partial charge on any atom is -0.392 e. The maximum atomic E-state index is 12.5. The van der Waals surface area contributed by atoms with Crippen molar-refractivity contribution in [1.82, 2.24) is 25.5 Å². The summed E-state index contributed by atoms with van der Waals surface area (Å²) in [6.07, 6.45) is -0.144. The average Bonchev–Trinajstić information content (AvgIpc) is 3.51. The molecule has 1 aliphatic rings. The van der Waals surface area contributed by atoms with Crippen molar-refractivity contribution in [2.75, 3.05) is 5.75 Å². The van der Waals surface area contributed by atoms with Gasteiger partial charge in [-0.2, -0.15) is 0 Å². The number of ether oxygens (including phenoxy) is 2.